The third-order valence-corrected chi connectivity index (χ3v) is 7.32. The molecule has 1 aromatic heterocycles. The van der Waals surface area contributed by atoms with E-state index >= 15 is 0 Å². The average Bonchev–Trinajstić information content (AvgIpc) is 2.93. The molecule has 1 aromatic carbocycles. The maximum atomic E-state index is 9.82. The van der Waals surface area contributed by atoms with E-state index in [4.69, 9.17) is 0 Å². The molecule has 0 saturated carbocycles. The Morgan fingerprint density at radius 3 is 2.54 bits per heavy atom. The second-order valence-electron chi connectivity index (χ2n) is 7.69. The zero-order valence-electron chi connectivity index (χ0n) is 14.9. The summed E-state index contributed by atoms with van der Waals surface area (Å²) < 4.78 is 1.21. The van der Waals surface area contributed by atoms with Gasteiger partial charge in [-0.1, -0.05) is 20.8 Å². The van der Waals surface area contributed by atoms with Crippen LogP contribution in [0.2, 0.25) is 0 Å². The molecule has 0 aliphatic heterocycles. The summed E-state index contributed by atoms with van der Waals surface area (Å²) in [5.41, 5.74) is 3.05. The van der Waals surface area contributed by atoms with Crippen molar-refractivity contribution in [2.45, 2.75) is 40.0 Å². The second-order valence-corrected chi connectivity index (χ2v) is 10.5. The van der Waals surface area contributed by atoms with Crippen LogP contribution in [0.5, 0.6) is 5.75 Å². The van der Waals surface area contributed by atoms with Crippen LogP contribution in [-0.4, -0.2) is 11.3 Å². The lowest BCUT2D eigenvalue weighted by Gasteiger charge is -2.33. The van der Waals surface area contributed by atoms with Crippen molar-refractivity contribution in [3.05, 3.63) is 42.6 Å². The number of rotatable bonds is 2. The molecule has 1 heterocycles. The highest BCUT2D eigenvalue weighted by Gasteiger charge is 2.32. The lowest BCUT2D eigenvalue weighted by atomic mass is 9.72. The van der Waals surface area contributed by atoms with Crippen molar-refractivity contribution in [3.8, 4) is 11.8 Å². The van der Waals surface area contributed by atoms with E-state index in [0.29, 0.717) is 14.9 Å². The molecule has 6 heteroatoms. The van der Waals surface area contributed by atoms with Gasteiger partial charge in [0.1, 0.15) is 16.8 Å². The minimum Gasteiger partial charge on any atom is -0.506 e. The third kappa shape index (κ3) is 3.90. The van der Waals surface area contributed by atoms with Crippen LogP contribution in [0.25, 0.3) is 0 Å². The number of benzene rings is 1. The van der Waals surface area contributed by atoms with Gasteiger partial charge in [-0.2, -0.15) is 5.26 Å². The van der Waals surface area contributed by atoms with Crippen LogP contribution in [-0.2, 0) is 12.8 Å². The molecular weight excluding hydrogens is 476 g/mol. The van der Waals surface area contributed by atoms with Crippen molar-refractivity contribution < 1.29 is 5.11 Å². The van der Waals surface area contributed by atoms with Crippen LogP contribution < -0.4 is 0 Å². The Balaban J connectivity index is 1.93. The van der Waals surface area contributed by atoms with Gasteiger partial charge in [0.2, 0.25) is 0 Å². The first-order valence-corrected chi connectivity index (χ1v) is 10.9. The molecule has 0 amide bonds. The summed E-state index contributed by atoms with van der Waals surface area (Å²) >= 11 is 8.31. The van der Waals surface area contributed by atoms with Crippen molar-refractivity contribution in [1.29, 1.82) is 5.26 Å². The smallest absolute Gasteiger partial charge is 0.143 e. The highest BCUT2D eigenvalue weighted by atomic mass is 79.9. The molecule has 136 valence electrons. The highest BCUT2D eigenvalue weighted by Crippen LogP contribution is 2.45. The number of nitriles is 1. The first-order chi connectivity index (χ1) is 12.2. The summed E-state index contributed by atoms with van der Waals surface area (Å²) in [5.74, 6) is 0.806. The largest absolute Gasteiger partial charge is 0.506 e. The summed E-state index contributed by atoms with van der Waals surface area (Å²) in [4.78, 5) is 5.91. The van der Waals surface area contributed by atoms with Crippen LogP contribution in [0.1, 0.15) is 48.8 Å². The van der Waals surface area contributed by atoms with Crippen LogP contribution in [0.4, 0.5) is 5.00 Å². The molecule has 0 unspecified atom stereocenters. The Kier molecular flexibility index (Phi) is 5.62. The molecule has 3 rings (SSSR count). The van der Waals surface area contributed by atoms with E-state index < -0.39 is 0 Å². The Morgan fingerprint density at radius 2 is 1.96 bits per heavy atom. The van der Waals surface area contributed by atoms with E-state index in [0.717, 1.165) is 35.4 Å². The van der Waals surface area contributed by atoms with Gasteiger partial charge in [-0.15, -0.1) is 11.3 Å². The summed E-state index contributed by atoms with van der Waals surface area (Å²) in [6.45, 7) is 6.88. The molecule has 1 aliphatic carbocycles. The molecule has 0 bridgehead atoms. The molecule has 1 aliphatic rings. The fourth-order valence-corrected chi connectivity index (χ4v) is 5.75. The Morgan fingerprint density at radius 1 is 1.31 bits per heavy atom. The maximum absolute atomic E-state index is 9.82. The normalized spacial score (nSPS) is 17.3. The number of thiophene rings is 1. The van der Waals surface area contributed by atoms with Gasteiger partial charge in [-0.05, 0) is 85.7 Å². The number of aromatic hydroxyl groups is 1. The SMILES string of the molecule is CC(C)(C)[C@H]1CCc2c(sc(N=Cc3cc(Br)c(O)c(Br)c3)c2C#N)C1. The zero-order valence-corrected chi connectivity index (χ0v) is 18.9. The zero-order chi connectivity index (χ0) is 19.1. The van der Waals surface area contributed by atoms with Crippen LogP contribution >= 0.6 is 43.2 Å². The van der Waals surface area contributed by atoms with E-state index in [9.17, 15) is 10.4 Å². The molecule has 0 fully saturated rings. The monoisotopic (exact) mass is 494 g/mol. The van der Waals surface area contributed by atoms with Crippen molar-refractivity contribution in [2.24, 2.45) is 16.3 Å². The number of aliphatic imine (C=N–C) groups is 1. The second kappa shape index (κ2) is 7.46. The number of fused-ring (bicyclic) bond motifs is 1. The third-order valence-electron chi connectivity index (χ3n) is 4.95. The Labute approximate surface area is 175 Å². The molecule has 0 spiro atoms. The molecule has 2 aromatic rings. The predicted octanol–water partition coefficient (Wildman–Crippen LogP) is 6.75. The van der Waals surface area contributed by atoms with Crippen LogP contribution in [0.3, 0.4) is 0 Å². The number of nitrogens with zero attached hydrogens (tertiary/aromatic N) is 2. The summed E-state index contributed by atoms with van der Waals surface area (Å²) in [7, 11) is 0. The number of halogens is 2. The minimum absolute atomic E-state index is 0.166. The fourth-order valence-electron chi connectivity index (χ4n) is 3.31. The lowest BCUT2D eigenvalue weighted by molar-refractivity contribution is 0.218. The fraction of sp³-hybridized carbons (Fsp3) is 0.400. The number of phenols is 1. The maximum Gasteiger partial charge on any atom is 0.143 e. The van der Waals surface area contributed by atoms with Crippen molar-refractivity contribution >= 4 is 54.4 Å². The number of hydrogen-bond donors (Lipinski definition) is 1. The van der Waals surface area contributed by atoms with Gasteiger partial charge in [-0.25, -0.2) is 4.99 Å². The Bertz CT molecular complexity index is 896. The summed E-state index contributed by atoms with van der Waals surface area (Å²) in [5, 5.41) is 20.3. The highest BCUT2D eigenvalue weighted by molar-refractivity contribution is 9.11. The van der Waals surface area contributed by atoms with Crippen LogP contribution in [0.15, 0.2) is 26.1 Å². The van der Waals surface area contributed by atoms with E-state index in [1.165, 1.54) is 10.4 Å². The van der Waals surface area contributed by atoms with E-state index in [2.05, 4.69) is 63.7 Å². The summed E-state index contributed by atoms with van der Waals surface area (Å²) in [6, 6.07) is 5.97. The van der Waals surface area contributed by atoms with Gasteiger partial charge in [0.25, 0.3) is 0 Å². The van der Waals surface area contributed by atoms with Crippen molar-refractivity contribution in [2.75, 3.05) is 0 Å². The molecular formula is C20H20Br2N2OS. The van der Waals surface area contributed by atoms with Gasteiger partial charge >= 0.3 is 0 Å². The van der Waals surface area contributed by atoms with Gasteiger partial charge in [0.15, 0.2) is 0 Å². The van der Waals surface area contributed by atoms with Crippen molar-refractivity contribution in [3.63, 3.8) is 0 Å². The predicted molar refractivity (Wildman–Crippen MR) is 115 cm³/mol. The first kappa shape index (κ1) is 19.6. The quantitative estimate of drug-likeness (QED) is 0.468. The molecule has 26 heavy (non-hydrogen) atoms. The Hall–Kier alpha value is -1.16. The van der Waals surface area contributed by atoms with Gasteiger partial charge in [0.05, 0.1) is 14.5 Å². The minimum atomic E-state index is 0.166. The molecule has 0 radical (unpaired) electrons. The summed E-state index contributed by atoms with van der Waals surface area (Å²) in [6.07, 6.45) is 4.86. The van der Waals surface area contributed by atoms with Gasteiger partial charge in [0, 0.05) is 11.1 Å². The van der Waals surface area contributed by atoms with Crippen molar-refractivity contribution in [1.82, 2.24) is 0 Å². The molecule has 0 saturated heterocycles. The van der Waals surface area contributed by atoms with E-state index in [-0.39, 0.29) is 11.2 Å². The number of hydrogen-bond acceptors (Lipinski definition) is 4. The van der Waals surface area contributed by atoms with E-state index in [1.807, 2.05) is 0 Å². The number of phenolic OH excluding ortho intramolecular Hbond substituents is 1. The topological polar surface area (TPSA) is 56.4 Å². The molecule has 3 nitrogen and oxygen atoms in total. The van der Waals surface area contributed by atoms with Gasteiger partial charge in [-0.3, -0.25) is 0 Å². The van der Waals surface area contributed by atoms with E-state index in [1.54, 1.807) is 29.7 Å². The van der Waals surface area contributed by atoms with Crippen LogP contribution in [0, 0.1) is 22.7 Å². The average molecular weight is 496 g/mol. The molecule has 1 N–H and O–H groups in total. The van der Waals surface area contributed by atoms with Gasteiger partial charge < -0.3 is 5.11 Å². The standard InChI is InChI=1S/C20H20Br2N2OS/c1-20(2,3)12-4-5-13-14(9-23)19(26-17(13)8-12)24-10-11-6-15(21)18(25)16(22)7-11/h6-7,10,12,25H,4-5,8H2,1-3H3/t12-/m0/s1. The molecule has 1 atom stereocenters. The first-order valence-electron chi connectivity index (χ1n) is 8.47. The lowest BCUT2D eigenvalue weighted by Crippen LogP contribution is -2.26.